The van der Waals surface area contributed by atoms with Gasteiger partial charge in [-0.1, -0.05) is 19.9 Å². The van der Waals surface area contributed by atoms with Crippen molar-refractivity contribution in [2.24, 2.45) is 5.92 Å². The monoisotopic (exact) mass is 250 g/mol. The molecule has 0 saturated heterocycles. The average molecular weight is 251 g/mol. The Labute approximate surface area is 109 Å². The number of nitrogens with zero attached hydrogens (tertiary/aromatic N) is 2. The molecule has 17 heavy (non-hydrogen) atoms. The predicted octanol–water partition coefficient (Wildman–Crippen LogP) is 3.78. The van der Waals surface area contributed by atoms with Crippen LogP contribution in [0.3, 0.4) is 0 Å². The lowest BCUT2D eigenvalue weighted by molar-refractivity contribution is 0.618. The van der Waals surface area contributed by atoms with Gasteiger partial charge in [0, 0.05) is 19.0 Å². The van der Waals surface area contributed by atoms with Gasteiger partial charge in [0.15, 0.2) is 0 Å². The molecule has 0 aliphatic carbocycles. The van der Waals surface area contributed by atoms with Crippen molar-refractivity contribution in [3.63, 3.8) is 0 Å². The first kappa shape index (κ1) is 13.9. The van der Waals surface area contributed by atoms with Crippen LogP contribution in [0.2, 0.25) is 0 Å². The van der Waals surface area contributed by atoms with E-state index in [1.807, 2.05) is 18.2 Å². The van der Waals surface area contributed by atoms with Crippen molar-refractivity contribution in [3.8, 4) is 6.07 Å². The van der Waals surface area contributed by atoms with E-state index in [-0.39, 0.29) is 0 Å². The van der Waals surface area contributed by atoms with Crippen molar-refractivity contribution in [1.82, 2.24) is 0 Å². The van der Waals surface area contributed by atoms with Crippen molar-refractivity contribution < 1.29 is 0 Å². The number of hydrogen-bond acceptors (Lipinski definition) is 2. The van der Waals surface area contributed by atoms with Crippen LogP contribution in [0.1, 0.15) is 31.9 Å². The first-order chi connectivity index (χ1) is 8.12. The second kappa shape index (κ2) is 6.51. The molecule has 1 aromatic carbocycles. The third-order valence-corrected chi connectivity index (χ3v) is 2.95. The summed E-state index contributed by atoms with van der Waals surface area (Å²) >= 11 is 5.78. The quantitative estimate of drug-likeness (QED) is 0.744. The number of rotatable bonds is 5. The Balaban J connectivity index is 3.07. The van der Waals surface area contributed by atoms with Crippen LogP contribution in [0.4, 0.5) is 5.69 Å². The summed E-state index contributed by atoms with van der Waals surface area (Å²) in [6.07, 6.45) is 0. The lowest BCUT2D eigenvalue weighted by Crippen LogP contribution is -2.27. The van der Waals surface area contributed by atoms with Gasteiger partial charge in [-0.15, -0.1) is 11.6 Å². The Kier molecular flexibility index (Phi) is 5.31. The zero-order valence-electron chi connectivity index (χ0n) is 10.7. The second-order valence-electron chi connectivity index (χ2n) is 4.53. The van der Waals surface area contributed by atoms with E-state index in [1.165, 1.54) is 0 Å². The van der Waals surface area contributed by atoms with E-state index in [4.69, 9.17) is 11.6 Å². The lowest BCUT2D eigenvalue weighted by Gasteiger charge is -2.26. The maximum atomic E-state index is 9.20. The Morgan fingerprint density at radius 3 is 2.59 bits per heavy atom. The van der Waals surface area contributed by atoms with Gasteiger partial charge in [-0.05, 0) is 30.5 Å². The van der Waals surface area contributed by atoms with Crippen molar-refractivity contribution in [1.29, 1.82) is 5.26 Å². The molecule has 2 nitrogen and oxygen atoms in total. The Morgan fingerprint density at radius 1 is 1.41 bits per heavy atom. The zero-order chi connectivity index (χ0) is 12.8. The van der Waals surface area contributed by atoms with Crippen molar-refractivity contribution >= 4 is 17.3 Å². The number of anilines is 1. The molecule has 0 radical (unpaired) electrons. The number of alkyl halides is 1. The van der Waals surface area contributed by atoms with Gasteiger partial charge >= 0.3 is 0 Å². The predicted molar refractivity (Wildman–Crippen MR) is 73.4 cm³/mol. The Morgan fingerprint density at radius 2 is 2.12 bits per heavy atom. The number of benzene rings is 1. The second-order valence-corrected chi connectivity index (χ2v) is 4.80. The molecule has 0 bridgehead atoms. The van der Waals surface area contributed by atoms with Crippen LogP contribution in [-0.2, 0) is 5.88 Å². The fourth-order valence-corrected chi connectivity index (χ4v) is 2.04. The summed E-state index contributed by atoms with van der Waals surface area (Å²) in [4.78, 5) is 2.24. The van der Waals surface area contributed by atoms with E-state index in [2.05, 4.69) is 31.7 Å². The van der Waals surface area contributed by atoms with Crippen LogP contribution in [0.25, 0.3) is 0 Å². The van der Waals surface area contributed by atoms with Gasteiger partial charge in [-0.2, -0.15) is 5.26 Å². The average Bonchev–Trinajstić information content (AvgIpc) is 2.35. The molecule has 1 aromatic rings. The largest absolute Gasteiger partial charge is 0.370 e. The minimum absolute atomic E-state index is 0.450. The smallest absolute Gasteiger partial charge is 0.101 e. The maximum Gasteiger partial charge on any atom is 0.101 e. The highest BCUT2D eigenvalue weighted by Crippen LogP contribution is 2.23. The van der Waals surface area contributed by atoms with Crippen molar-refractivity contribution in [2.75, 3.05) is 18.0 Å². The van der Waals surface area contributed by atoms with E-state index >= 15 is 0 Å². The molecule has 0 aliphatic rings. The van der Waals surface area contributed by atoms with Gasteiger partial charge in [0.1, 0.15) is 6.07 Å². The highest BCUT2D eigenvalue weighted by Gasteiger charge is 2.11. The minimum Gasteiger partial charge on any atom is -0.370 e. The molecule has 0 atom stereocenters. The number of halogens is 1. The van der Waals surface area contributed by atoms with Gasteiger partial charge in [-0.3, -0.25) is 0 Å². The van der Waals surface area contributed by atoms with Crippen LogP contribution in [-0.4, -0.2) is 13.1 Å². The van der Waals surface area contributed by atoms with Gasteiger partial charge in [0.05, 0.1) is 11.3 Å². The minimum atomic E-state index is 0.450. The molecule has 0 saturated carbocycles. The summed E-state index contributed by atoms with van der Waals surface area (Å²) in [6.45, 7) is 8.35. The lowest BCUT2D eigenvalue weighted by atomic mass is 10.1. The third kappa shape index (κ3) is 3.64. The number of hydrogen-bond donors (Lipinski definition) is 0. The molecule has 92 valence electrons. The normalized spacial score (nSPS) is 10.4. The third-order valence-electron chi connectivity index (χ3n) is 2.64. The highest BCUT2D eigenvalue weighted by atomic mass is 35.5. The summed E-state index contributed by atoms with van der Waals surface area (Å²) in [5.41, 5.74) is 2.72. The van der Waals surface area contributed by atoms with Crippen LogP contribution in [0.15, 0.2) is 18.2 Å². The molecular weight excluding hydrogens is 232 g/mol. The van der Waals surface area contributed by atoms with E-state index in [0.717, 1.165) is 24.3 Å². The van der Waals surface area contributed by atoms with E-state index < -0.39 is 0 Å². The first-order valence-electron chi connectivity index (χ1n) is 5.96. The Hall–Kier alpha value is -1.20. The summed E-state index contributed by atoms with van der Waals surface area (Å²) in [6, 6.07) is 8.13. The molecule has 0 aromatic heterocycles. The Bertz CT molecular complexity index is 407. The molecular formula is C14H19ClN2. The van der Waals surface area contributed by atoms with Crippen LogP contribution >= 0.6 is 11.6 Å². The van der Waals surface area contributed by atoms with E-state index in [0.29, 0.717) is 17.4 Å². The van der Waals surface area contributed by atoms with Crippen LogP contribution < -0.4 is 4.90 Å². The van der Waals surface area contributed by atoms with Crippen LogP contribution in [0, 0.1) is 17.2 Å². The van der Waals surface area contributed by atoms with Gasteiger partial charge in [-0.25, -0.2) is 0 Å². The SMILES string of the molecule is CCN(CC(C)C)c1ccc(CCl)cc1C#N. The molecule has 3 heteroatoms. The molecule has 0 aliphatic heterocycles. The fourth-order valence-electron chi connectivity index (χ4n) is 1.87. The van der Waals surface area contributed by atoms with Crippen molar-refractivity contribution in [2.45, 2.75) is 26.7 Å². The summed E-state index contributed by atoms with van der Waals surface area (Å²) in [5, 5.41) is 9.20. The molecule has 0 heterocycles. The molecule has 0 spiro atoms. The first-order valence-corrected chi connectivity index (χ1v) is 6.49. The number of nitriles is 1. The topological polar surface area (TPSA) is 27.0 Å². The van der Waals surface area contributed by atoms with E-state index in [9.17, 15) is 5.26 Å². The van der Waals surface area contributed by atoms with Gasteiger partial charge < -0.3 is 4.90 Å². The standard InChI is InChI=1S/C14H19ClN2/c1-4-17(10-11(2)3)14-6-5-12(8-15)7-13(14)9-16/h5-7,11H,4,8,10H2,1-3H3. The molecule has 0 amide bonds. The fraction of sp³-hybridized carbons (Fsp3) is 0.500. The summed E-state index contributed by atoms with van der Waals surface area (Å²) in [5.74, 6) is 1.03. The van der Waals surface area contributed by atoms with Crippen molar-refractivity contribution in [3.05, 3.63) is 29.3 Å². The summed E-state index contributed by atoms with van der Waals surface area (Å²) < 4.78 is 0. The molecule has 0 fully saturated rings. The van der Waals surface area contributed by atoms with Crippen LogP contribution in [0.5, 0.6) is 0 Å². The maximum absolute atomic E-state index is 9.20. The highest BCUT2D eigenvalue weighted by molar-refractivity contribution is 6.17. The molecule has 0 N–H and O–H groups in total. The molecule has 1 rings (SSSR count). The molecule has 0 unspecified atom stereocenters. The van der Waals surface area contributed by atoms with E-state index in [1.54, 1.807) is 0 Å². The van der Waals surface area contributed by atoms with Gasteiger partial charge in [0.2, 0.25) is 0 Å². The van der Waals surface area contributed by atoms with Gasteiger partial charge in [0.25, 0.3) is 0 Å². The zero-order valence-corrected chi connectivity index (χ0v) is 11.5. The summed E-state index contributed by atoms with van der Waals surface area (Å²) in [7, 11) is 0.